The highest BCUT2D eigenvalue weighted by Gasteiger charge is 2.25. The number of rotatable bonds is 9. The molecule has 8 nitrogen and oxygen atoms in total. The Labute approximate surface area is 261 Å². The van der Waals surface area contributed by atoms with Crippen LogP contribution in [-0.4, -0.2) is 24.8 Å². The maximum absolute atomic E-state index is 13.6. The molecule has 0 spiro atoms. The lowest BCUT2D eigenvalue weighted by Crippen LogP contribution is -2.40. The molecule has 0 radical (unpaired) electrons. The molecule has 0 aliphatic carbocycles. The molecule has 222 valence electrons. The van der Waals surface area contributed by atoms with Crippen molar-refractivity contribution in [2.45, 2.75) is 37.8 Å². The number of hydrogen-bond donors (Lipinski definition) is 3. The van der Waals surface area contributed by atoms with Crippen LogP contribution < -0.4 is 15.4 Å². The zero-order chi connectivity index (χ0) is 31.3. The number of amides is 1. The number of aromatic nitrogens is 1. The zero-order valence-electron chi connectivity index (χ0n) is 24.5. The van der Waals surface area contributed by atoms with Crippen molar-refractivity contribution in [1.29, 1.82) is 5.26 Å². The highest BCUT2D eigenvalue weighted by Crippen LogP contribution is 2.33. The fourth-order valence-corrected chi connectivity index (χ4v) is 7.10. The van der Waals surface area contributed by atoms with E-state index in [0.717, 1.165) is 5.56 Å². The Morgan fingerprint density at radius 3 is 2.30 bits per heavy atom. The average Bonchev–Trinajstić information content (AvgIpc) is 3.44. The SMILES string of the molecule is CC(C)(C)NS(=O)(=O)c1ccccc1-c1ccc(NC(=O)c2sc(NCc3ccccc3)nc2-c2cccc(C#N)c2)cc1. The molecule has 0 saturated heterocycles. The number of nitriles is 1. The molecule has 1 aromatic heterocycles. The van der Waals surface area contributed by atoms with Crippen LogP contribution >= 0.6 is 11.3 Å². The average molecular weight is 622 g/mol. The molecule has 1 amide bonds. The van der Waals surface area contributed by atoms with Gasteiger partial charge in [-0.25, -0.2) is 18.1 Å². The van der Waals surface area contributed by atoms with Gasteiger partial charge < -0.3 is 10.6 Å². The molecular formula is C34H31N5O3S2. The van der Waals surface area contributed by atoms with Gasteiger partial charge in [-0.3, -0.25) is 4.79 Å². The number of nitrogens with one attached hydrogen (secondary N) is 3. The molecule has 0 unspecified atom stereocenters. The Hall–Kier alpha value is -4.82. The highest BCUT2D eigenvalue weighted by molar-refractivity contribution is 7.89. The quantitative estimate of drug-likeness (QED) is 0.159. The van der Waals surface area contributed by atoms with Gasteiger partial charge in [0, 0.05) is 28.9 Å². The Balaban J connectivity index is 1.41. The lowest BCUT2D eigenvalue weighted by molar-refractivity contribution is 0.103. The van der Waals surface area contributed by atoms with Gasteiger partial charge in [-0.15, -0.1) is 0 Å². The van der Waals surface area contributed by atoms with Crippen LogP contribution in [0, 0.1) is 11.3 Å². The minimum Gasteiger partial charge on any atom is -0.357 e. The summed E-state index contributed by atoms with van der Waals surface area (Å²) in [6.45, 7) is 5.92. The van der Waals surface area contributed by atoms with Gasteiger partial charge in [0.25, 0.3) is 5.91 Å². The van der Waals surface area contributed by atoms with Crippen LogP contribution in [0.3, 0.4) is 0 Å². The van der Waals surface area contributed by atoms with Gasteiger partial charge in [0.05, 0.1) is 22.2 Å². The Morgan fingerprint density at radius 1 is 0.886 bits per heavy atom. The maximum atomic E-state index is 13.6. The summed E-state index contributed by atoms with van der Waals surface area (Å²) in [5.41, 5.74) is 3.83. The van der Waals surface area contributed by atoms with E-state index in [4.69, 9.17) is 4.98 Å². The summed E-state index contributed by atoms with van der Waals surface area (Å²) >= 11 is 1.23. The van der Waals surface area contributed by atoms with E-state index in [1.807, 2.05) is 36.4 Å². The predicted molar refractivity (Wildman–Crippen MR) is 176 cm³/mol. The summed E-state index contributed by atoms with van der Waals surface area (Å²) in [6, 6.07) is 32.9. The number of thiazole rings is 1. The summed E-state index contributed by atoms with van der Waals surface area (Å²) in [7, 11) is -3.77. The first kappa shape index (κ1) is 30.6. The second kappa shape index (κ2) is 12.8. The number of benzene rings is 4. The van der Waals surface area contributed by atoms with Gasteiger partial charge in [0.15, 0.2) is 5.13 Å². The van der Waals surface area contributed by atoms with Gasteiger partial charge in [-0.2, -0.15) is 5.26 Å². The van der Waals surface area contributed by atoms with Crippen molar-refractivity contribution in [1.82, 2.24) is 9.71 Å². The van der Waals surface area contributed by atoms with E-state index in [9.17, 15) is 18.5 Å². The maximum Gasteiger partial charge on any atom is 0.268 e. The summed E-state index contributed by atoms with van der Waals surface area (Å²) in [4.78, 5) is 18.9. The van der Waals surface area contributed by atoms with Crippen LogP contribution in [-0.2, 0) is 16.6 Å². The highest BCUT2D eigenvalue weighted by atomic mass is 32.2. The number of sulfonamides is 1. The number of hydrogen-bond acceptors (Lipinski definition) is 7. The third-order valence-electron chi connectivity index (χ3n) is 6.46. The van der Waals surface area contributed by atoms with Crippen molar-refractivity contribution in [3.05, 3.63) is 119 Å². The van der Waals surface area contributed by atoms with Crippen molar-refractivity contribution in [2.75, 3.05) is 10.6 Å². The minimum atomic E-state index is -3.77. The molecule has 44 heavy (non-hydrogen) atoms. The van der Waals surface area contributed by atoms with Crippen molar-refractivity contribution in [3.63, 3.8) is 0 Å². The van der Waals surface area contributed by atoms with Crippen LogP contribution in [0.5, 0.6) is 0 Å². The Kier molecular flexibility index (Phi) is 8.92. The second-order valence-corrected chi connectivity index (χ2v) is 13.8. The van der Waals surface area contributed by atoms with E-state index >= 15 is 0 Å². The van der Waals surface area contributed by atoms with Crippen LogP contribution in [0.2, 0.25) is 0 Å². The predicted octanol–water partition coefficient (Wildman–Crippen LogP) is 7.29. The molecule has 5 rings (SSSR count). The monoisotopic (exact) mass is 621 g/mol. The van der Waals surface area contributed by atoms with Crippen LogP contribution in [0.15, 0.2) is 108 Å². The molecule has 0 aliphatic rings. The molecule has 0 atom stereocenters. The summed E-state index contributed by atoms with van der Waals surface area (Å²) in [5, 5.41) is 16.2. The number of nitrogens with zero attached hydrogens (tertiary/aromatic N) is 2. The first-order valence-electron chi connectivity index (χ1n) is 13.9. The number of carbonyl (C=O) groups excluding carboxylic acids is 1. The lowest BCUT2D eigenvalue weighted by atomic mass is 10.1. The van der Waals surface area contributed by atoms with Crippen molar-refractivity contribution >= 4 is 38.1 Å². The molecule has 4 aromatic carbocycles. The van der Waals surface area contributed by atoms with Crippen LogP contribution in [0.25, 0.3) is 22.4 Å². The molecule has 0 fully saturated rings. The molecule has 3 N–H and O–H groups in total. The Morgan fingerprint density at radius 2 is 1.59 bits per heavy atom. The standard InChI is InChI=1S/C34H31N5O3S2/c1-34(2,3)39-44(41,42)29-15-8-7-14-28(29)25-16-18-27(19-17-25)37-32(40)31-30(26-13-9-12-24(20-26)21-35)38-33(43-31)36-22-23-10-5-4-6-11-23/h4-20,39H,22H2,1-3H3,(H,36,38)(H,37,40). The Bertz CT molecular complexity index is 1940. The fraction of sp³-hybridized carbons (Fsp3) is 0.147. The second-order valence-electron chi connectivity index (χ2n) is 11.1. The smallest absolute Gasteiger partial charge is 0.268 e. The molecule has 0 aliphatic heterocycles. The van der Waals surface area contributed by atoms with E-state index in [2.05, 4.69) is 21.4 Å². The third kappa shape index (κ3) is 7.38. The van der Waals surface area contributed by atoms with Gasteiger partial charge in [-0.1, -0.05) is 84.1 Å². The van der Waals surface area contributed by atoms with Crippen LogP contribution in [0.4, 0.5) is 10.8 Å². The molecule has 5 aromatic rings. The van der Waals surface area contributed by atoms with Gasteiger partial charge in [-0.05, 0) is 62.2 Å². The largest absolute Gasteiger partial charge is 0.357 e. The third-order valence-corrected chi connectivity index (χ3v) is 9.28. The first-order chi connectivity index (χ1) is 21.0. The number of anilines is 2. The topological polar surface area (TPSA) is 124 Å². The van der Waals surface area contributed by atoms with Gasteiger partial charge in [0.1, 0.15) is 4.88 Å². The molecule has 0 saturated carbocycles. The normalized spacial score (nSPS) is 11.5. The van der Waals surface area contributed by atoms with Gasteiger partial charge >= 0.3 is 0 Å². The summed E-state index contributed by atoms with van der Waals surface area (Å²) in [5.74, 6) is -0.349. The number of carbonyl (C=O) groups is 1. The molecule has 10 heteroatoms. The van der Waals surface area contributed by atoms with E-state index < -0.39 is 15.6 Å². The summed E-state index contributed by atoms with van der Waals surface area (Å²) < 4.78 is 29.0. The van der Waals surface area contributed by atoms with Crippen molar-refractivity contribution in [2.24, 2.45) is 0 Å². The van der Waals surface area contributed by atoms with Crippen molar-refractivity contribution in [3.8, 4) is 28.5 Å². The van der Waals surface area contributed by atoms with E-state index in [1.165, 1.54) is 11.3 Å². The molecule has 1 heterocycles. The zero-order valence-corrected chi connectivity index (χ0v) is 26.1. The molecular weight excluding hydrogens is 591 g/mol. The van der Waals surface area contributed by atoms with Crippen LogP contribution in [0.1, 0.15) is 41.6 Å². The molecule has 0 bridgehead atoms. The van der Waals surface area contributed by atoms with E-state index in [0.29, 0.717) is 50.2 Å². The van der Waals surface area contributed by atoms with E-state index in [-0.39, 0.29) is 10.8 Å². The summed E-state index contributed by atoms with van der Waals surface area (Å²) in [6.07, 6.45) is 0. The first-order valence-corrected chi connectivity index (χ1v) is 16.2. The van der Waals surface area contributed by atoms with E-state index in [1.54, 1.807) is 87.5 Å². The van der Waals surface area contributed by atoms with Crippen molar-refractivity contribution < 1.29 is 13.2 Å². The minimum absolute atomic E-state index is 0.177. The fourth-order valence-electron chi connectivity index (χ4n) is 4.57. The lowest BCUT2D eigenvalue weighted by Gasteiger charge is -2.21. The van der Waals surface area contributed by atoms with Gasteiger partial charge in [0.2, 0.25) is 10.0 Å².